The summed E-state index contributed by atoms with van der Waals surface area (Å²) < 4.78 is 40.5. The molecule has 27 heavy (non-hydrogen) atoms. The number of carboxylic acid groups (broad SMARTS) is 1. The summed E-state index contributed by atoms with van der Waals surface area (Å²) >= 11 is 0. The Morgan fingerprint density at radius 1 is 1.30 bits per heavy atom. The molecule has 2 aromatic rings. The van der Waals surface area contributed by atoms with E-state index in [1.807, 2.05) is 6.08 Å². The van der Waals surface area contributed by atoms with Crippen molar-refractivity contribution in [1.82, 2.24) is 4.57 Å². The molecule has 1 aliphatic carbocycles. The third-order valence-electron chi connectivity index (χ3n) is 4.41. The van der Waals surface area contributed by atoms with Gasteiger partial charge in [-0.3, -0.25) is 0 Å². The van der Waals surface area contributed by atoms with Crippen LogP contribution in [0.25, 0.3) is 18.7 Å². The molecule has 0 bridgehead atoms. The summed E-state index contributed by atoms with van der Waals surface area (Å²) in [5.41, 5.74) is 1.23. The third kappa shape index (κ3) is 3.89. The molecule has 0 atom stereocenters. The molecule has 1 aliphatic rings. The molecule has 1 aromatic heterocycles. The van der Waals surface area contributed by atoms with Crippen molar-refractivity contribution < 1.29 is 23.1 Å². The predicted molar refractivity (Wildman–Crippen MR) is 98.6 cm³/mol. The van der Waals surface area contributed by atoms with Crippen LogP contribution >= 0.6 is 0 Å². The van der Waals surface area contributed by atoms with Crippen LogP contribution in [0.1, 0.15) is 40.0 Å². The van der Waals surface area contributed by atoms with Gasteiger partial charge >= 0.3 is 12.1 Å². The molecule has 0 spiro atoms. The van der Waals surface area contributed by atoms with E-state index in [2.05, 4.69) is 13.2 Å². The molecule has 0 saturated heterocycles. The van der Waals surface area contributed by atoms with Gasteiger partial charge in [-0.15, -0.1) is 0 Å². The Labute approximate surface area is 154 Å². The zero-order valence-corrected chi connectivity index (χ0v) is 14.5. The first-order valence-corrected chi connectivity index (χ1v) is 8.35. The summed E-state index contributed by atoms with van der Waals surface area (Å²) in [7, 11) is 0. The van der Waals surface area contributed by atoms with E-state index in [1.54, 1.807) is 12.1 Å². The number of benzene rings is 1. The quantitative estimate of drug-likeness (QED) is 0.866. The molecule has 1 heterocycles. The summed E-state index contributed by atoms with van der Waals surface area (Å²) in [5.74, 6) is -1.15. The van der Waals surface area contributed by atoms with Gasteiger partial charge in [-0.1, -0.05) is 43.0 Å². The predicted octanol–water partition coefficient (Wildman–Crippen LogP) is 3.81. The number of alkyl halides is 3. The Morgan fingerprint density at radius 2 is 2.00 bits per heavy atom. The van der Waals surface area contributed by atoms with E-state index in [0.717, 1.165) is 30.5 Å². The molecule has 3 rings (SSSR count). The van der Waals surface area contributed by atoms with Gasteiger partial charge in [0.25, 0.3) is 0 Å². The van der Waals surface area contributed by atoms with Crippen molar-refractivity contribution in [2.75, 3.05) is 0 Å². The fraction of sp³-hybridized carbons (Fsp3) is 0.190. The second-order valence-corrected chi connectivity index (χ2v) is 6.42. The molecular formula is C21H18F3NO2. The summed E-state index contributed by atoms with van der Waals surface area (Å²) in [5, 5.41) is 10.8. The van der Waals surface area contributed by atoms with Crippen molar-refractivity contribution in [3.63, 3.8) is 0 Å². The smallest absolute Gasteiger partial charge is 0.416 e. The lowest BCUT2D eigenvalue weighted by Gasteiger charge is -2.11. The van der Waals surface area contributed by atoms with Crippen molar-refractivity contribution in [3.05, 3.63) is 75.4 Å². The summed E-state index contributed by atoms with van der Waals surface area (Å²) in [4.78, 5) is 11.9. The van der Waals surface area contributed by atoms with Crippen molar-refractivity contribution in [1.29, 1.82) is 0 Å². The van der Waals surface area contributed by atoms with Gasteiger partial charge in [0, 0.05) is 22.7 Å². The third-order valence-corrected chi connectivity index (χ3v) is 4.41. The Bertz CT molecular complexity index is 1050. The van der Waals surface area contributed by atoms with E-state index in [0.29, 0.717) is 21.7 Å². The lowest BCUT2D eigenvalue weighted by molar-refractivity contribution is -0.137. The Kier molecular flexibility index (Phi) is 4.83. The zero-order valence-electron chi connectivity index (χ0n) is 14.5. The number of allylic oxidation sites excluding steroid dienone is 2. The number of rotatable bonds is 5. The highest BCUT2D eigenvalue weighted by Crippen LogP contribution is 2.31. The maximum absolute atomic E-state index is 13.0. The minimum atomic E-state index is -4.46. The van der Waals surface area contributed by atoms with Crippen LogP contribution in [0.3, 0.4) is 0 Å². The Hall–Kier alpha value is -3.02. The number of carbonyl (C=O) groups is 1. The first-order chi connectivity index (χ1) is 12.7. The molecule has 0 aliphatic heterocycles. The largest absolute Gasteiger partial charge is 0.477 e. The van der Waals surface area contributed by atoms with E-state index in [9.17, 15) is 23.1 Å². The minimum absolute atomic E-state index is 0.0169. The van der Waals surface area contributed by atoms with Crippen LogP contribution in [0.2, 0.25) is 0 Å². The average molecular weight is 373 g/mol. The molecule has 1 N–H and O–H groups in total. The van der Waals surface area contributed by atoms with Gasteiger partial charge in [0.1, 0.15) is 5.69 Å². The van der Waals surface area contributed by atoms with Crippen LogP contribution < -0.4 is 10.6 Å². The lowest BCUT2D eigenvalue weighted by atomic mass is 10.1. The number of hydrogen-bond acceptors (Lipinski definition) is 1. The van der Waals surface area contributed by atoms with E-state index in [4.69, 9.17) is 0 Å². The van der Waals surface area contributed by atoms with Crippen LogP contribution in [-0.2, 0) is 12.7 Å². The van der Waals surface area contributed by atoms with Gasteiger partial charge in [0.2, 0.25) is 0 Å². The molecule has 3 nitrogen and oxygen atoms in total. The summed E-state index contributed by atoms with van der Waals surface area (Å²) in [6.45, 7) is 7.62. The van der Waals surface area contributed by atoms with Gasteiger partial charge < -0.3 is 9.67 Å². The fourth-order valence-electron chi connectivity index (χ4n) is 3.01. The van der Waals surface area contributed by atoms with Crippen LogP contribution in [0.4, 0.5) is 13.2 Å². The number of nitrogens with zero attached hydrogens (tertiary/aromatic N) is 1. The van der Waals surface area contributed by atoms with Crippen LogP contribution in [0.15, 0.2) is 42.5 Å². The molecular weight excluding hydrogens is 355 g/mol. The summed E-state index contributed by atoms with van der Waals surface area (Å²) in [6, 6.07) is 4.88. The standard InChI is InChI=1S/C21H18F3NO2/c1-3-5-18-13(2)17(11-14-8-9-14)19(20(26)27)25(18)12-15-6-4-7-16(10-15)21(22,23)24/h3-7,10-11H,1-2,8-9,12H2,(H,26,27)/b18-5+. The second-order valence-electron chi connectivity index (χ2n) is 6.42. The van der Waals surface area contributed by atoms with E-state index < -0.39 is 17.7 Å². The van der Waals surface area contributed by atoms with Gasteiger partial charge in [-0.2, -0.15) is 13.2 Å². The van der Waals surface area contributed by atoms with E-state index in [1.165, 1.54) is 16.7 Å². The number of aromatic nitrogens is 1. The molecule has 0 radical (unpaired) electrons. The SMILES string of the molecule is C=C/C=c1\c(=C)c(C=C2CC2)c(C(=O)O)n1Cc1cccc(C(F)(F)F)c1. The Balaban J connectivity index is 2.19. The highest BCUT2D eigenvalue weighted by Gasteiger charge is 2.30. The Morgan fingerprint density at radius 3 is 2.56 bits per heavy atom. The molecule has 1 aromatic carbocycles. The second kappa shape index (κ2) is 6.95. The molecule has 1 saturated carbocycles. The molecule has 1 fully saturated rings. The van der Waals surface area contributed by atoms with E-state index >= 15 is 0 Å². The monoisotopic (exact) mass is 373 g/mol. The molecule has 0 amide bonds. The average Bonchev–Trinajstić information content (AvgIpc) is 3.37. The zero-order chi connectivity index (χ0) is 19.8. The van der Waals surface area contributed by atoms with Crippen molar-refractivity contribution in [3.8, 4) is 0 Å². The maximum atomic E-state index is 13.0. The fourth-order valence-corrected chi connectivity index (χ4v) is 3.01. The first-order valence-electron chi connectivity index (χ1n) is 8.35. The van der Waals surface area contributed by atoms with Crippen molar-refractivity contribution in [2.24, 2.45) is 0 Å². The number of hydrogen-bond donors (Lipinski definition) is 1. The van der Waals surface area contributed by atoms with Gasteiger partial charge in [0.15, 0.2) is 0 Å². The molecule has 140 valence electrons. The first kappa shape index (κ1) is 18.8. The highest BCUT2D eigenvalue weighted by atomic mass is 19.4. The summed E-state index contributed by atoms with van der Waals surface area (Å²) in [6.07, 6.45) is 2.31. The van der Waals surface area contributed by atoms with Crippen molar-refractivity contribution in [2.45, 2.75) is 25.6 Å². The highest BCUT2D eigenvalue weighted by molar-refractivity contribution is 5.91. The maximum Gasteiger partial charge on any atom is 0.416 e. The van der Waals surface area contributed by atoms with Crippen LogP contribution in [0.5, 0.6) is 0 Å². The van der Waals surface area contributed by atoms with Crippen molar-refractivity contribution >= 4 is 24.7 Å². The van der Waals surface area contributed by atoms with Gasteiger partial charge in [0.05, 0.1) is 5.56 Å². The number of carboxylic acids is 1. The van der Waals surface area contributed by atoms with Gasteiger partial charge in [-0.25, -0.2) is 4.79 Å². The number of halogens is 3. The van der Waals surface area contributed by atoms with Crippen LogP contribution in [0, 0.1) is 0 Å². The lowest BCUT2D eigenvalue weighted by Crippen LogP contribution is -2.30. The van der Waals surface area contributed by atoms with Crippen LogP contribution in [-0.4, -0.2) is 15.6 Å². The van der Waals surface area contributed by atoms with E-state index in [-0.39, 0.29) is 12.2 Å². The minimum Gasteiger partial charge on any atom is -0.477 e. The molecule has 6 heteroatoms. The number of aromatic carboxylic acids is 1. The van der Waals surface area contributed by atoms with Gasteiger partial charge in [-0.05, 0) is 36.6 Å². The normalized spacial score (nSPS) is 14.3. The topological polar surface area (TPSA) is 42.2 Å². The molecule has 0 unspecified atom stereocenters.